The van der Waals surface area contributed by atoms with Gasteiger partial charge in [-0.25, -0.2) is 0 Å². The third kappa shape index (κ3) is 3.21. The van der Waals surface area contributed by atoms with Crippen molar-refractivity contribution in [2.75, 3.05) is 25.1 Å². The van der Waals surface area contributed by atoms with Crippen molar-refractivity contribution in [1.82, 2.24) is 15.5 Å². The van der Waals surface area contributed by atoms with Crippen molar-refractivity contribution in [3.8, 4) is 5.75 Å². The first-order valence-electron chi connectivity index (χ1n) is 7.45. The number of amides is 1. The molecule has 1 amide bonds. The minimum absolute atomic E-state index is 0.102. The number of rotatable bonds is 4. The zero-order chi connectivity index (χ0) is 15.4. The molecule has 1 atom stereocenters. The molecule has 1 aromatic carbocycles. The molecule has 0 radical (unpaired) electrons. The number of ether oxygens (including phenoxy) is 1. The molecule has 6 heteroatoms. The summed E-state index contributed by atoms with van der Waals surface area (Å²) in [6, 6.07) is 9.83. The Kier molecular flexibility index (Phi) is 4.27. The van der Waals surface area contributed by atoms with E-state index >= 15 is 0 Å². The maximum absolute atomic E-state index is 12.1. The highest BCUT2D eigenvalue weighted by molar-refractivity contribution is 5.92. The number of carbonyl (C=O) groups is 1. The van der Waals surface area contributed by atoms with Crippen LogP contribution in [0.4, 0.5) is 5.69 Å². The summed E-state index contributed by atoms with van der Waals surface area (Å²) in [5.41, 5.74) is 1.62. The first-order chi connectivity index (χ1) is 10.8. The van der Waals surface area contributed by atoms with Gasteiger partial charge in [0.25, 0.3) is 5.91 Å². The minimum atomic E-state index is -0.102. The van der Waals surface area contributed by atoms with Gasteiger partial charge in [0, 0.05) is 37.1 Å². The summed E-state index contributed by atoms with van der Waals surface area (Å²) in [4.78, 5) is 14.4. The quantitative estimate of drug-likeness (QED) is 0.903. The van der Waals surface area contributed by atoms with Gasteiger partial charge in [0.05, 0.1) is 7.11 Å². The van der Waals surface area contributed by atoms with Crippen LogP contribution in [0.1, 0.15) is 23.3 Å². The molecule has 3 rings (SSSR count). The Labute approximate surface area is 129 Å². The van der Waals surface area contributed by atoms with Gasteiger partial charge in [-0.3, -0.25) is 9.89 Å². The normalized spacial score (nSPS) is 18.0. The summed E-state index contributed by atoms with van der Waals surface area (Å²) in [7, 11) is 1.67. The van der Waals surface area contributed by atoms with Gasteiger partial charge < -0.3 is 15.0 Å². The Balaban J connectivity index is 1.65. The van der Waals surface area contributed by atoms with E-state index in [-0.39, 0.29) is 11.9 Å². The molecular weight excluding hydrogens is 280 g/mol. The minimum Gasteiger partial charge on any atom is -0.497 e. The number of H-pyrrole nitrogens is 1. The van der Waals surface area contributed by atoms with Crippen LogP contribution in [0, 0.1) is 0 Å². The third-order valence-electron chi connectivity index (χ3n) is 3.92. The largest absolute Gasteiger partial charge is 0.497 e. The maximum Gasteiger partial charge on any atom is 0.269 e. The zero-order valence-electron chi connectivity index (χ0n) is 12.6. The van der Waals surface area contributed by atoms with Gasteiger partial charge in [-0.05, 0) is 31.0 Å². The Hall–Kier alpha value is -2.50. The number of methoxy groups -OCH3 is 1. The van der Waals surface area contributed by atoms with Crippen LogP contribution in [0.2, 0.25) is 0 Å². The van der Waals surface area contributed by atoms with Gasteiger partial charge in [-0.15, -0.1) is 0 Å². The first-order valence-corrected chi connectivity index (χ1v) is 7.45. The number of nitrogens with zero attached hydrogens (tertiary/aromatic N) is 2. The number of piperidine rings is 1. The van der Waals surface area contributed by atoms with Crippen LogP contribution in [0.25, 0.3) is 0 Å². The van der Waals surface area contributed by atoms with Crippen LogP contribution in [0.3, 0.4) is 0 Å². The highest BCUT2D eigenvalue weighted by Crippen LogP contribution is 2.24. The molecule has 0 saturated carbocycles. The average Bonchev–Trinajstić information content (AvgIpc) is 3.10. The van der Waals surface area contributed by atoms with Gasteiger partial charge in [0.1, 0.15) is 11.4 Å². The van der Waals surface area contributed by atoms with Crippen molar-refractivity contribution in [3.63, 3.8) is 0 Å². The van der Waals surface area contributed by atoms with Crippen molar-refractivity contribution in [2.45, 2.75) is 18.9 Å². The Morgan fingerprint density at radius 2 is 2.36 bits per heavy atom. The molecule has 1 aromatic heterocycles. The van der Waals surface area contributed by atoms with Gasteiger partial charge in [0.2, 0.25) is 0 Å². The molecule has 1 aliphatic rings. The van der Waals surface area contributed by atoms with Gasteiger partial charge in [0.15, 0.2) is 0 Å². The number of aromatic nitrogens is 2. The molecule has 22 heavy (non-hydrogen) atoms. The molecule has 0 aliphatic carbocycles. The molecule has 0 spiro atoms. The highest BCUT2D eigenvalue weighted by Gasteiger charge is 2.22. The standard InChI is InChI=1S/C16H20N4O2/c1-22-14-6-2-5-13(10-14)20-9-3-4-12(11-20)18-16(21)15-7-8-17-19-15/h2,5-8,10,12H,3-4,9,11H2,1H3,(H,17,19)(H,18,21)/t12-/m1/s1. The van der Waals surface area contributed by atoms with Crippen molar-refractivity contribution in [1.29, 1.82) is 0 Å². The Morgan fingerprint density at radius 1 is 1.45 bits per heavy atom. The monoisotopic (exact) mass is 300 g/mol. The SMILES string of the molecule is COc1cccc(N2CCC[C@@H](NC(=O)c3ccn[nH]3)C2)c1. The number of carbonyl (C=O) groups excluding carboxylic acids is 1. The van der Waals surface area contributed by atoms with Crippen LogP contribution in [0.5, 0.6) is 5.75 Å². The fourth-order valence-corrected chi connectivity index (χ4v) is 2.78. The van der Waals surface area contributed by atoms with Crippen LogP contribution in [-0.2, 0) is 0 Å². The second kappa shape index (κ2) is 6.51. The fourth-order valence-electron chi connectivity index (χ4n) is 2.78. The van der Waals surface area contributed by atoms with E-state index in [1.54, 1.807) is 19.4 Å². The molecule has 1 aliphatic heterocycles. The van der Waals surface area contributed by atoms with E-state index in [1.165, 1.54) is 0 Å². The van der Waals surface area contributed by atoms with E-state index < -0.39 is 0 Å². The average molecular weight is 300 g/mol. The summed E-state index contributed by atoms with van der Waals surface area (Å²) >= 11 is 0. The summed E-state index contributed by atoms with van der Waals surface area (Å²) < 4.78 is 5.28. The lowest BCUT2D eigenvalue weighted by Crippen LogP contribution is -2.47. The third-order valence-corrected chi connectivity index (χ3v) is 3.92. The lowest BCUT2D eigenvalue weighted by atomic mass is 10.0. The molecule has 1 saturated heterocycles. The summed E-state index contributed by atoms with van der Waals surface area (Å²) in [6.45, 7) is 1.79. The maximum atomic E-state index is 12.1. The van der Waals surface area contributed by atoms with E-state index in [0.717, 1.165) is 37.4 Å². The fraction of sp³-hybridized carbons (Fsp3) is 0.375. The smallest absolute Gasteiger partial charge is 0.269 e. The molecule has 0 bridgehead atoms. The van der Waals surface area contributed by atoms with Crippen LogP contribution in [0.15, 0.2) is 36.5 Å². The predicted octanol–water partition coefficient (Wildman–Crippen LogP) is 1.82. The Bertz CT molecular complexity index is 627. The van der Waals surface area contributed by atoms with Crippen molar-refractivity contribution >= 4 is 11.6 Å². The van der Waals surface area contributed by atoms with Crippen molar-refractivity contribution < 1.29 is 9.53 Å². The lowest BCUT2D eigenvalue weighted by molar-refractivity contribution is 0.0928. The molecule has 2 heterocycles. The van der Waals surface area contributed by atoms with E-state index in [4.69, 9.17) is 4.74 Å². The Morgan fingerprint density at radius 3 is 3.14 bits per heavy atom. The number of hydrogen-bond donors (Lipinski definition) is 2. The molecule has 1 fully saturated rings. The number of benzene rings is 1. The van der Waals surface area contributed by atoms with Crippen LogP contribution >= 0.6 is 0 Å². The van der Waals surface area contributed by atoms with Crippen LogP contribution in [-0.4, -0.2) is 42.3 Å². The number of anilines is 1. The van der Waals surface area contributed by atoms with E-state index in [9.17, 15) is 4.79 Å². The van der Waals surface area contributed by atoms with E-state index in [0.29, 0.717) is 5.69 Å². The molecule has 2 aromatic rings. The molecule has 0 unspecified atom stereocenters. The molecule has 116 valence electrons. The second-order valence-electron chi connectivity index (χ2n) is 5.43. The summed E-state index contributed by atoms with van der Waals surface area (Å²) in [5, 5.41) is 9.57. The lowest BCUT2D eigenvalue weighted by Gasteiger charge is -2.34. The number of nitrogens with one attached hydrogen (secondary N) is 2. The summed E-state index contributed by atoms with van der Waals surface area (Å²) in [5.74, 6) is 0.746. The van der Waals surface area contributed by atoms with E-state index in [2.05, 4.69) is 26.5 Å². The van der Waals surface area contributed by atoms with Gasteiger partial charge >= 0.3 is 0 Å². The molecular formula is C16H20N4O2. The van der Waals surface area contributed by atoms with Crippen LogP contribution < -0.4 is 15.0 Å². The first kappa shape index (κ1) is 14.4. The zero-order valence-corrected chi connectivity index (χ0v) is 12.6. The number of hydrogen-bond acceptors (Lipinski definition) is 4. The summed E-state index contributed by atoms with van der Waals surface area (Å²) in [6.07, 6.45) is 3.61. The highest BCUT2D eigenvalue weighted by atomic mass is 16.5. The van der Waals surface area contributed by atoms with Crippen molar-refractivity contribution in [2.24, 2.45) is 0 Å². The van der Waals surface area contributed by atoms with E-state index in [1.807, 2.05) is 18.2 Å². The second-order valence-corrected chi connectivity index (χ2v) is 5.43. The molecule has 6 nitrogen and oxygen atoms in total. The predicted molar refractivity (Wildman–Crippen MR) is 84.3 cm³/mol. The van der Waals surface area contributed by atoms with Crippen molar-refractivity contribution in [3.05, 3.63) is 42.2 Å². The topological polar surface area (TPSA) is 70.2 Å². The number of aromatic amines is 1. The molecule has 2 N–H and O–H groups in total. The van der Waals surface area contributed by atoms with Gasteiger partial charge in [-0.1, -0.05) is 6.07 Å². The van der Waals surface area contributed by atoms with Gasteiger partial charge in [-0.2, -0.15) is 5.10 Å².